The third-order valence-corrected chi connectivity index (χ3v) is 11.7. The van der Waals surface area contributed by atoms with Crippen molar-refractivity contribution in [1.82, 2.24) is 15.0 Å². The third kappa shape index (κ3) is 9.46. The highest BCUT2D eigenvalue weighted by molar-refractivity contribution is 6.34. The first-order valence-corrected chi connectivity index (χ1v) is 21.4. The number of halogens is 3. The average Bonchev–Trinajstić information content (AvgIpc) is 3.27. The molecule has 0 fully saturated rings. The second-order valence-electron chi connectivity index (χ2n) is 15.2. The van der Waals surface area contributed by atoms with Gasteiger partial charge in [-0.1, -0.05) is 144 Å². The van der Waals surface area contributed by atoms with E-state index >= 15 is 0 Å². The number of methoxy groups -OCH3 is 1. The summed E-state index contributed by atoms with van der Waals surface area (Å²) in [6.45, 7) is 9.88. The van der Waals surface area contributed by atoms with Gasteiger partial charge in [-0.05, 0) is 93.3 Å². The van der Waals surface area contributed by atoms with Gasteiger partial charge in [0.15, 0.2) is 0 Å². The molecule has 9 heteroatoms. The summed E-state index contributed by atoms with van der Waals surface area (Å²) in [5, 5.41) is 15.3. The molecule has 0 amide bonds. The molecule has 62 heavy (non-hydrogen) atoms. The highest BCUT2D eigenvalue weighted by Gasteiger charge is 2.18. The monoisotopic (exact) mass is 876 g/mol. The molecule has 0 bridgehead atoms. The van der Waals surface area contributed by atoms with E-state index in [9.17, 15) is 5.11 Å². The summed E-state index contributed by atoms with van der Waals surface area (Å²) >= 11 is 18.9. The minimum absolute atomic E-state index is 0.103. The number of nitrogens with zero attached hydrogens (tertiary/aromatic N) is 3. The van der Waals surface area contributed by atoms with Crippen LogP contribution in [0.5, 0.6) is 5.75 Å². The van der Waals surface area contributed by atoms with E-state index in [-0.39, 0.29) is 6.04 Å². The Bertz CT molecular complexity index is 2920. The van der Waals surface area contributed by atoms with Gasteiger partial charge in [-0.3, -0.25) is 0 Å². The molecule has 312 valence electrons. The Morgan fingerprint density at radius 2 is 0.839 bits per heavy atom. The van der Waals surface area contributed by atoms with Crippen LogP contribution in [0.25, 0.3) is 66.5 Å². The first-order valence-electron chi connectivity index (χ1n) is 20.3. The van der Waals surface area contributed by atoms with Crippen molar-refractivity contribution in [3.05, 3.63) is 188 Å². The summed E-state index contributed by atoms with van der Waals surface area (Å²) < 4.78 is 5.48. The van der Waals surface area contributed by atoms with Crippen LogP contribution >= 0.6 is 34.8 Å². The second kappa shape index (κ2) is 19.5. The molecule has 6 aromatic carbocycles. The standard InChI is InChI=1S/C18H17ClN2.C18H16ClNO.C17H14ClNO/c1-11-6-5-7-13-10-15(12(2)20)18(21-17(11)13)14-8-3-4-9-16(14)19;1-11-6-5-7-13-10-15(12(2)21)18(20-17(11)13)14-8-3-4-9-16(14)19;1-11-6-5-7-12-10-15(20-2)17(19-16(11)12)13-8-3-4-9-14(13)18/h3-10,12H,20H2,1-2H3;3-10,12,21H,1-2H3;3-10H,1-2H3. The van der Waals surface area contributed by atoms with E-state index in [0.29, 0.717) is 15.1 Å². The lowest BCUT2D eigenvalue weighted by Gasteiger charge is -2.15. The van der Waals surface area contributed by atoms with Gasteiger partial charge in [0.25, 0.3) is 0 Å². The highest BCUT2D eigenvalue weighted by Crippen LogP contribution is 2.38. The number of benzene rings is 6. The van der Waals surface area contributed by atoms with Crippen molar-refractivity contribution in [2.45, 2.75) is 46.8 Å². The van der Waals surface area contributed by atoms with Crippen molar-refractivity contribution >= 4 is 67.5 Å². The Morgan fingerprint density at radius 3 is 1.23 bits per heavy atom. The maximum Gasteiger partial charge on any atom is 0.145 e. The van der Waals surface area contributed by atoms with E-state index in [1.54, 1.807) is 14.0 Å². The summed E-state index contributed by atoms with van der Waals surface area (Å²) in [6, 6.07) is 47.4. The van der Waals surface area contributed by atoms with E-state index < -0.39 is 6.10 Å². The molecule has 9 rings (SSSR count). The van der Waals surface area contributed by atoms with E-state index in [1.165, 1.54) is 0 Å². The van der Waals surface area contributed by atoms with Gasteiger partial charge in [0.05, 0.1) is 46.2 Å². The molecule has 3 heterocycles. The topological polar surface area (TPSA) is 94.2 Å². The van der Waals surface area contributed by atoms with E-state index in [4.69, 9.17) is 60.2 Å². The molecule has 3 aromatic heterocycles. The summed E-state index contributed by atoms with van der Waals surface area (Å²) in [7, 11) is 1.65. The van der Waals surface area contributed by atoms with Crippen LogP contribution in [0.15, 0.2) is 146 Å². The van der Waals surface area contributed by atoms with Crippen molar-refractivity contribution in [2.75, 3.05) is 7.11 Å². The number of para-hydroxylation sites is 3. The molecule has 6 nitrogen and oxygen atoms in total. The molecule has 2 atom stereocenters. The molecule has 0 aliphatic rings. The van der Waals surface area contributed by atoms with Crippen LogP contribution in [0.2, 0.25) is 15.1 Å². The Labute approximate surface area is 378 Å². The third-order valence-electron chi connectivity index (χ3n) is 10.7. The van der Waals surface area contributed by atoms with Gasteiger partial charge in [0.2, 0.25) is 0 Å². The number of pyridine rings is 3. The van der Waals surface area contributed by atoms with Crippen LogP contribution in [-0.4, -0.2) is 27.2 Å². The van der Waals surface area contributed by atoms with Crippen molar-refractivity contribution in [3.63, 3.8) is 0 Å². The number of nitrogens with two attached hydrogens (primary N) is 1. The van der Waals surface area contributed by atoms with Crippen molar-refractivity contribution in [2.24, 2.45) is 5.73 Å². The zero-order chi connectivity index (χ0) is 44.1. The van der Waals surface area contributed by atoms with Gasteiger partial charge in [-0.15, -0.1) is 0 Å². The Morgan fingerprint density at radius 1 is 0.484 bits per heavy atom. The lowest BCUT2D eigenvalue weighted by atomic mass is 9.98. The molecule has 9 aromatic rings. The molecular weight excluding hydrogens is 831 g/mol. The minimum Gasteiger partial charge on any atom is -0.494 e. The smallest absolute Gasteiger partial charge is 0.145 e. The van der Waals surface area contributed by atoms with Gasteiger partial charge >= 0.3 is 0 Å². The number of aromatic nitrogens is 3. The number of aliphatic hydroxyl groups excluding tert-OH is 1. The fourth-order valence-electron chi connectivity index (χ4n) is 7.46. The quantitative estimate of drug-likeness (QED) is 0.173. The van der Waals surface area contributed by atoms with Gasteiger partial charge < -0.3 is 15.6 Å². The van der Waals surface area contributed by atoms with Crippen LogP contribution in [0.1, 0.15) is 53.8 Å². The van der Waals surface area contributed by atoms with Crippen LogP contribution in [0.4, 0.5) is 0 Å². The Hall–Kier alpha value is -5.86. The molecule has 0 aliphatic carbocycles. The second-order valence-corrected chi connectivity index (χ2v) is 16.5. The Balaban J connectivity index is 0.000000140. The lowest BCUT2D eigenvalue weighted by molar-refractivity contribution is 0.199. The predicted octanol–water partition coefficient (Wildman–Crippen LogP) is 14.7. The van der Waals surface area contributed by atoms with Gasteiger partial charge in [-0.2, -0.15) is 0 Å². The number of hydrogen-bond acceptors (Lipinski definition) is 6. The number of aryl methyl sites for hydroxylation is 3. The fraction of sp³-hybridized carbons (Fsp3) is 0.151. The average molecular weight is 878 g/mol. The van der Waals surface area contributed by atoms with Gasteiger partial charge in [0, 0.05) is 54.5 Å². The number of aliphatic hydroxyl groups is 1. The summed E-state index contributed by atoms with van der Waals surface area (Å²) in [5.41, 5.74) is 19.3. The van der Waals surface area contributed by atoms with Crippen LogP contribution in [0.3, 0.4) is 0 Å². The molecule has 0 saturated heterocycles. The first kappa shape index (κ1) is 44.2. The number of ether oxygens (including phenoxy) is 1. The maximum atomic E-state index is 10.1. The molecular formula is C53H47Cl3N4O2. The summed E-state index contributed by atoms with van der Waals surface area (Å²) in [4.78, 5) is 14.4. The van der Waals surface area contributed by atoms with Crippen LogP contribution in [0, 0.1) is 20.8 Å². The molecule has 0 saturated carbocycles. The minimum atomic E-state index is -0.603. The molecule has 0 radical (unpaired) electrons. The SMILES string of the molecule is COc1cc2cccc(C)c2nc1-c1ccccc1Cl.Cc1cccc2cc(C(C)N)c(-c3ccccc3Cl)nc12.Cc1cccc2cc(C(C)O)c(-c3ccccc3Cl)nc12. The van der Waals surface area contributed by atoms with Crippen molar-refractivity contribution in [1.29, 1.82) is 0 Å². The summed E-state index contributed by atoms with van der Waals surface area (Å²) in [5.74, 6) is 0.733. The van der Waals surface area contributed by atoms with Crippen molar-refractivity contribution < 1.29 is 9.84 Å². The normalized spacial score (nSPS) is 12.0. The van der Waals surface area contributed by atoms with Crippen molar-refractivity contribution in [3.8, 4) is 39.5 Å². The fourth-order valence-corrected chi connectivity index (χ4v) is 8.13. The number of fused-ring (bicyclic) bond motifs is 3. The van der Waals surface area contributed by atoms with Gasteiger partial charge in [-0.25, -0.2) is 15.0 Å². The predicted molar refractivity (Wildman–Crippen MR) is 261 cm³/mol. The van der Waals surface area contributed by atoms with Gasteiger partial charge in [0.1, 0.15) is 11.4 Å². The van der Waals surface area contributed by atoms with E-state index in [2.05, 4.69) is 38.1 Å². The summed E-state index contributed by atoms with van der Waals surface area (Å²) in [6.07, 6.45) is -0.603. The number of hydrogen-bond donors (Lipinski definition) is 2. The molecule has 0 spiro atoms. The van der Waals surface area contributed by atoms with E-state index in [0.717, 1.165) is 100 Å². The largest absolute Gasteiger partial charge is 0.494 e. The lowest BCUT2D eigenvalue weighted by Crippen LogP contribution is -2.08. The molecule has 0 aliphatic heterocycles. The zero-order valence-electron chi connectivity index (χ0n) is 35.4. The molecule has 2 unspecified atom stereocenters. The molecule has 3 N–H and O–H groups in total. The van der Waals surface area contributed by atoms with Crippen LogP contribution < -0.4 is 10.5 Å². The maximum absolute atomic E-state index is 10.1. The zero-order valence-corrected chi connectivity index (χ0v) is 37.7. The highest BCUT2D eigenvalue weighted by atomic mass is 35.5. The van der Waals surface area contributed by atoms with Crippen LogP contribution in [-0.2, 0) is 0 Å². The first-order chi connectivity index (χ1) is 29.9. The Kier molecular flexibility index (Phi) is 13.9. The van der Waals surface area contributed by atoms with E-state index in [1.807, 2.05) is 135 Å². The number of rotatable bonds is 6.